The van der Waals surface area contributed by atoms with Gasteiger partial charge >= 0.3 is 0 Å². The maximum absolute atomic E-state index is 12.1. The monoisotopic (exact) mass is 292 g/mol. The molecule has 5 heteroatoms. The van der Waals surface area contributed by atoms with Gasteiger partial charge in [0.2, 0.25) is 5.91 Å². The molecule has 1 heterocycles. The zero-order valence-electron chi connectivity index (χ0n) is 11.1. The minimum Gasteiger partial charge on any atom is -0.354 e. The quantitative estimate of drug-likeness (QED) is 0.839. The van der Waals surface area contributed by atoms with Crippen LogP contribution in [0.25, 0.3) is 0 Å². The Morgan fingerprint density at radius 2 is 2.22 bits per heavy atom. The molecule has 2 rings (SSSR count). The summed E-state index contributed by atoms with van der Waals surface area (Å²) in [6.45, 7) is 3.08. The number of nitrogens with one attached hydrogen (secondary N) is 1. The molecule has 1 saturated carbocycles. The van der Waals surface area contributed by atoms with E-state index < -0.39 is 0 Å². The lowest BCUT2D eigenvalue weighted by Gasteiger charge is -2.28. The standard InChI is InChI=1S/C13H24N2OS.ClH/c1-13(6-3-7-17-13)9-15-12(16)10-4-2-5-11(14)8-10;/h10-11H,2-9,14H2,1H3,(H,15,16);1H. The van der Waals surface area contributed by atoms with Crippen molar-refractivity contribution in [2.24, 2.45) is 11.7 Å². The molecule has 0 bridgehead atoms. The fourth-order valence-corrected chi connectivity index (χ4v) is 4.10. The van der Waals surface area contributed by atoms with Gasteiger partial charge in [-0.05, 0) is 44.8 Å². The van der Waals surface area contributed by atoms with E-state index in [1.54, 1.807) is 0 Å². The van der Waals surface area contributed by atoms with Gasteiger partial charge in [-0.2, -0.15) is 11.8 Å². The van der Waals surface area contributed by atoms with Gasteiger partial charge in [0.15, 0.2) is 0 Å². The molecule has 3 nitrogen and oxygen atoms in total. The Labute approximate surface area is 120 Å². The predicted octanol–water partition coefficient (Wildman–Crippen LogP) is 2.33. The fraction of sp³-hybridized carbons (Fsp3) is 0.923. The van der Waals surface area contributed by atoms with E-state index in [1.807, 2.05) is 11.8 Å². The van der Waals surface area contributed by atoms with Gasteiger partial charge in [0.05, 0.1) is 0 Å². The average molecular weight is 293 g/mol. The molecule has 18 heavy (non-hydrogen) atoms. The summed E-state index contributed by atoms with van der Waals surface area (Å²) in [4.78, 5) is 12.1. The number of hydrogen-bond donors (Lipinski definition) is 2. The molecule has 3 N–H and O–H groups in total. The van der Waals surface area contributed by atoms with Gasteiger partial charge in [0.1, 0.15) is 0 Å². The highest BCUT2D eigenvalue weighted by Gasteiger charge is 2.31. The van der Waals surface area contributed by atoms with Gasteiger partial charge in [0, 0.05) is 23.3 Å². The molecular weight excluding hydrogens is 268 g/mol. The van der Waals surface area contributed by atoms with Crippen LogP contribution in [-0.4, -0.2) is 29.0 Å². The molecule has 0 aromatic heterocycles. The third kappa shape index (κ3) is 4.32. The number of halogens is 1. The van der Waals surface area contributed by atoms with Crippen molar-refractivity contribution < 1.29 is 4.79 Å². The summed E-state index contributed by atoms with van der Waals surface area (Å²) in [6, 6.07) is 0.232. The van der Waals surface area contributed by atoms with Gasteiger partial charge < -0.3 is 11.1 Å². The highest BCUT2D eigenvalue weighted by Crippen LogP contribution is 2.37. The molecule has 0 radical (unpaired) electrons. The third-order valence-corrected chi connectivity index (χ3v) is 5.56. The van der Waals surface area contributed by atoms with E-state index in [0.29, 0.717) is 0 Å². The van der Waals surface area contributed by atoms with Crippen molar-refractivity contribution in [2.45, 2.75) is 56.2 Å². The third-order valence-electron chi connectivity index (χ3n) is 4.02. The fourth-order valence-electron chi connectivity index (χ4n) is 2.86. The zero-order valence-corrected chi connectivity index (χ0v) is 12.7. The molecule has 1 aliphatic heterocycles. The molecule has 2 fully saturated rings. The molecule has 1 aliphatic carbocycles. The van der Waals surface area contributed by atoms with Gasteiger partial charge in [-0.1, -0.05) is 6.42 Å². The summed E-state index contributed by atoms with van der Waals surface area (Å²) in [5.74, 6) is 1.63. The van der Waals surface area contributed by atoms with Crippen LogP contribution in [0.4, 0.5) is 0 Å². The van der Waals surface area contributed by atoms with E-state index in [4.69, 9.17) is 5.73 Å². The summed E-state index contributed by atoms with van der Waals surface area (Å²) in [5, 5.41) is 3.14. The highest BCUT2D eigenvalue weighted by atomic mass is 35.5. The molecule has 3 unspecified atom stereocenters. The lowest BCUT2D eigenvalue weighted by Crippen LogP contribution is -2.42. The molecule has 1 amide bonds. The largest absolute Gasteiger partial charge is 0.354 e. The van der Waals surface area contributed by atoms with Crippen LogP contribution in [0.15, 0.2) is 0 Å². The first-order valence-corrected chi connectivity index (χ1v) is 7.75. The second-order valence-corrected chi connectivity index (χ2v) is 7.43. The van der Waals surface area contributed by atoms with Crippen molar-refractivity contribution in [1.82, 2.24) is 5.32 Å². The van der Waals surface area contributed by atoms with Crippen LogP contribution in [0.1, 0.15) is 45.4 Å². The van der Waals surface area contributed by atoms with Crippen LogP contribution in [0.3, 0.4) is 0 Å². The van der Waals surface area contributed by atoms with E-state index in [1.165, 1.54) is 18.6 Å². The summed E-state index contributed by atoms with van der Waals surface area (Å²) in [5.41, 5.74) is 5.92. The number of hydrogen-bond acceptors (Lipinski definition) is 3. The summed E-state index contributed by atoms with van der Waals surface area (Å²) < 4.78 is 0.270. The molecule has 2 aliphatic rings. The number of nitrogens with two attached hydrogens (primary N) is 1. The molecule has 0 aromatic rings. The Kier molecular flexibility index (Phi) is 6.28. The first kappa shape index (κ1) is 16.1. The van der Waals surface area contributed by atoms with Gasteiger partial charge in [-0.25, -0.2) is 0 Å². The van der Waals surface area contributed by atoms with Crippen molar-refractivity contribution >= 4 is 30.1 Å². The number of rotatable bonds is 3. The Balaban J connectivity index is 0.00000162. The average Bonchev–Trinajstić information content (AvgIpc) is 2.74. The zero-order chi connectivity index (χ0) is 12.3. The van der Waals surface area contributed by atoms with Crippen molar-refractivity contribution in [3.63, 3.8) is 0 Å². The first-order valence-electron chi connectivity index (χ1n) is 6.76. The number of amides is 1. The van der Waals surface area contributed by atoms with Crippen LogP contribution < -0.4 is 11.1 Å². The summed E-state index contributed by atoms with van der Waals surface area (Å²) in [6.07, 6.45) is 6.58. The lowest BCUT2D eigenvalue weighted by atomic mass is 9.85. The number of carbonyl (C=O) groups excluding carboxylic acids is 1. The molecule has 0 aromatic carbocycles. The molecule has 106 valence electrons. The van der Waals surface area contributed by atoms with Crippen molar-refractivity contribution in [3.8, 4) is 0 Å². The Hall–Kier alpha value is 0.0700. The van der Waals surface area contributed by atoms with Crippen LogP contribution in [0, 0.1) is 5.92 Å². The highest BCUT2D eigenvalue weighted by molar-refractivity contribution is 8.00. The maximum atomic E-state index is 12.1. The van der Waals surface area contributed by atoms with Gasteiger partial charge in [-0.3, -0.25) is 4.79 Å². The molecule has 1 saturated heterocycles. The minimum atomic E-state index is 0. The van der Waals surface area contributed by atoms with E-state index in [-0.39, 0.29) is 35.0 Å². The first-order chi connectivity index (χ1) is 8.09. The van der Waals surface area contributed by atoms with Crippen LogP contribution in [0.5, 0.6) is 0 Å². The molecular formula is C13H25ClN2OS. The molecule has 3 atom stereocenters. The Morgan fingerprint density at radius 3 is 2.83 bits per heavy atom. The van der Waals surface area contributed by atoms with E-state index in [0.717, 1.165) is 32.2 Å². The van der Waals surface area contributed by atoms with E-state index in [2.05, 4.69) is 12.2 Å². The minimum absolute atomic E-state index is 0. The molecule has 0 spiro atoms. The summed E-state index contributed by atoms with van der Waals surface area (Å²) in [7, 11) is 0. The second kappa shape index (κ2) is 7.01. The van der Waals surface area contributed by atoms with Crippen LogP contribution in [-0.2, 0) is 4.79 Å². The van der Waals surface area contributed by atoms with Gasteiger partial charge in [-0.15, -0.1) is 12.4 Å². The smallest absolute Gasteiger partial charge is 0.223 e. The maximum Gasteiger partial charge on any atom is 0.223 e. The summed E-state index contributed by atoms with van der Waals surface area (Å²) >= 11 is 1.99. The Morgan fingerprint density at radius 1 is 1.44 bits per heavy atom. The normalized spacial score (nSPS) is 35.9. The van der Waals surface area contributed by atoms with E-state index >= 15 is 0 Å². The second-order valence-electron chi connectivity index (χ2n) is 5.74. The van der Waals surface area contributed by atoms with Crippen molar-refractivity contribution in [3.05, 3.63) is 0 Å². The van der Waals surface area contributed by atoms with Gasteiger partial charge in [0.25, 0.3) is 0 Å². The SMILES string of the molecule is CC1(CNC(=O)C2CCCC(N)C2)CCCS1.Cl. The van der Waals surface area contributed by atoms with Crippen LogP contribution in [0.2, 0.25) is 0 Å². The topological polar surface area (TPSA) is 55.1 Å². The van der Waals surface area contributed by atoms with Crippen LogP contribution >= 0.6 is 24.2 Å². The Bertz CT molecular complexity index is 282. The van der Waals surface area contributed by atoms with Crippen molar-refractivity contribution in [2.75, 3.05) is 12.3 Å². The number of thioether (sulfide) groups is 1. The number of carbonyl (C=O) groups is 1. The van der Waals surface area contributed by atoms with E-state index in [9.17, 15) is 4.79 Å². The van der Waals surface area contributed by atoms with Crippen molar-refractivity contribution in [1.29, 1.82) is 0 Å². The lowest BCUT2D eigenvalue weighted by molar-refractivity contribution is -0.126. The predicted molar refractivity (Wildman–Crippen MR) is 80.3 cm³/mol.